The Balaban J connectivity index is 1.94. The van der Waals surface area contributed by atoms with Gasteiger partial charge in [0.05, 0.1) is 11.1 Å². The summed E-state index contributed by atoms with van der Waals surface area (Å²) in [4.78, 5) is 0. The molecule has 1 aliphatic rings. The lowest BCUT2D eigenvalue weighted by atomic mass is 10.0. The average molecular weight is 314 g/mol. The van der Waals surface area contributed by atoms with E-state index in [2.05, 4.69) is 28.1 Å². The van der Waals surface area contributed by atoms with Crippen molar-refractivity contribution < 1.29 is 9.47 Å². The Morgan fingerprint density at radius 2 is 2.17 bits per heavy atom. The lowest BCUT2D eigenvalue weighted by Gasteiger charge is -2.14. The van der Waals surface area contributed by atoms with Gasteiger partial charge in [0.1, 0.15) is 12.4 Å². The first-order valence-corrected chi connectivity index (χ1v) is 7.16. The van der Waals surface area contributed by atoms with Crippen LogP contribution in [0.2, 0.25) is 0 Å². The fourth-order valence-corrected chi connectivity index (χ4v) is 2.46. The number of hydrogen-bond donors (Lipinski definition) is 1. The Morgan fingerprint density at radius 3 is 2.78 bits per heavy atom. The van der Waals surface area contributed by atoms with Crippen LogP contribution >= 0.6 is 15.9 Å². The topological polar surface area (TPSA) is 44.5 Å². The van der Waals surface area contributed by atoms with Gasteiger partial charge in [0.15, 0.2) is 0 Å². The van der Waals surface area contributed by atoms with Gasteiger partial charge in [-0.1, -0.05) is 18.9 Å². The molecule has 1 atom stereocenters. The summed E-state index contributed by atoms with van der Waals surface area (Å²) in [6, 6.07) is 6.23. The summed E-state index contributed by atoms with van der Waals surface area (Å²) < 4.78 is 11.5. The molecule has 2 N–H and O–H groups in total. The highest BCUT2D eigenvalue weighted by Crippen LogP contribution is 2.37. The van der Waals surface area contributed by atoms with E-state index in [0.717, 1.165) is 22.6 Å². The van der Waals surface area contributed by atoms with Crippen LogP contribution in [0, 0.1) is 5.92 Å². The second-order valence-corrected chi connectivity index (χ2v) is 5.67. The molecule has 0 saturated heterocycles. The van der Waals surface area contributed by atoms with Crippen molar-refractivity contribution in [3.8, 4) is 5.75 Å². The third-order valence-corrected chi connectivity index (χ3v) is 3.83. The summed E-state index contributed by atoms with van der Waals surface area (Å²) >= 11 is 3.53. The lowest BCUT2D eigenvalue weighted by molar-refractivity contribution is 0.146. The van der Waals surface area contributed by atoms with Gasteiger partial charge in [0.2, 0.25) is 0 Å². The summed E-state index contributed by atoms with van der Waals surface area (Å²) in [5.74, 6) is 1.69. The first-order chi connectivity index (χ1) is 8.70. The van der Waals surface area contributed by atoms with Gasteiger partial charge in [-0.3, -0.25) is 0 Å². The van der Waals surface area contributed by atoms with E-state index in [0.29, 0.717) is 13.2 Å². The van der Waals surface area contributed by atoms with E-state index in [9.17, 15) is 0 Å². The molecule has 1 aromatic rings. The molecule has 1 aromatic carbocycles. The Labute approximate surface area is 117 Å². The Bertz CT molecular complexity index is 393. The molecule has 0 heterocycles. The standard InChI is InChI=1S/C14H20BrNO2/c1-17-6-7-18-14-5-4-11(9-12(14)15)13(16)8-10-2-3-10/h4-5,9-10,13H,2-3,6-8,16H2,1H3. The molecule has 0 radical (unpaired) electrons. The Hall–Kier alpha value is -0.580. The zero-order valence-electron chi connectivity index (χ0n) is 10.7. The third-order valence-electron chi connectivity index (χ3n) is 3.21. The molecule has 3 nitrogen and oxygen atoms in total. The van der Waals surface area contributed by atoms with Crippen molar-refractivity contribution >= 4 is 15.9 Å². The number of methoxy groups -OCH3 is 1. The quantitative estimate of drug-likeness (QED) is 0.786. The smallest absolute Gasteiger partial charge is 0.133 e. The van der Waals surface area contributed by atoms with Gasteiger partial charge in [-0.2, -0.15) is 0 Å². The largest absolute Gasteiger partial charge is 0.490 e. The minimum Gasteiger partial charge on any atom is -0.490 e. The summed E-state index contributed by atoms with van der Waals surface area (Å²) in [6.07, 6.45) is 3.77. The molecule has 0 amide bonds. The molecule has 1 saturated carbocycles. The average Bonchev–Trinajstić information content (AvgIpc) is 3.15. The van der Waals surface area contributed by atoms with Crippen LogP contribution in [0.5, 0.6) is 5.75 Å². The number of nitrogens with two attached hydrogens (primary N) is 1. The van der Waals surface area contributed by atoms with Crippen LogP contribution in [0.3, 0.4) is 0 Å². The third kappa shape index (κ3) is 3.97. The number of benzene rings is 1. The van der Waals surface area contributed by atoms with Crippen molar-refractivity contribution in [3.05, 3.63) is 28.2 Å². The maximum absolute atomic E-state index is 6.19. The van der Waals surface area contributed by atoms with E-state index < -0.39 is 0 Å². The molecule has 0 spiro atoms. The molecule has 2 rings (SSSR count). The zero-order valence-corrected chi connectivity index (χ0v) is 12.3. The molecule has 0 bridgehead atoms. The predicted molar refractivity (Wildman–Crippen MR) is 75.8 cm³/mol. The van der Waals surface area contributed by atoms with Crippen LogP contribution < -0.4 is 10.5 Å². The second kappa shape index (κ2) is 6.55. The monoisotopic (exact) mass is 313 g/mol. The fourth-order valence-electron chi connectivity index (χ4n) is 1.95. The van der Waals surface area contributed by atoms with Crippen molar-refractivity contribution in [2.24, 2.45) is 11.7 Å². The fraction of sp³-hybridized carbons (Fsp3) is 0.571. The molecule has 18 heavy (non-hydrogen) atoms. The van der Waals surface area contributed by atoms with Crippen molar-refractivity contribution in [3.63, 3.8) is 0 Å². The van der Waals surface area contributed by atoms with Crippen molar-refractivity contribution in [1.29, 1.82) is 0 Å². The van der Waals surface area contributed by atoms with Gasteiger partial charge in [-0.05, 0) is 46.0 Å². The number of ether oxygens (including phenoxy) is 2. The molecule has 0 aromatic heterocycles. The molecule has 1 fully saturated rings. The van der Waals surface area contributed by atoms with E-state index in [4.69, 9.17) is 15.2 Å². The second-order valence-electron chi connectivity index (χ2n) is 4.82. The van der Waals surface area contributed by atoms with E-state index in [-0.39, 0.29) is 6.04 Å². The zero-order chi connectivity index (χ0) is 13.0. The minimum absolute atomic E-state index is 0.141. The minimum atomic E-state index is 0.141. The highest BCUT2D eigenvalue weighted by Gasteiger charge is 2.24. The van der Waals surface area contributed by atoms with Crippen LogP contribution in [-0.2, 0) is 4.74 Å². The molecule has 100 valence electrons. The van der Waals surface area contributed by atoms with Crippen LogP contribution in [0.4, 0.5) is 0 Å². The Kier molecular flexibility index (Phi) is 5.03. The molecular formula is C14H20BrNO2. The van der Waals surface area contributed by atoms with Gasteiger partial charge in [0, 0.05) is 13.2 Å². The van der Waals surface area contributed by atoms with Gasteiger partial charge in [0.25, 0.3) is 0 Å². The number of hydrogen-bond acceptors (Lipinski definition) is 3. The predicted octanol–water partition coefficient (Wildman–Crippen LogP) is 3.27. The molecule has 0 aliphatic heterocycles. The molecular weight excluding hydrogens is 294 g/mol. The molecule has 4 heteroatoms. The SMILES string of the molecule is COCCOc1ccc(C(N)CC2CC2)cc1Br. The number of halogens is 1. The molecule has 1 unspecified atom stereocenters. The van der Waals surface area contributed by atoms with Crippen molar-refractivity contribution in [2.75, 3.05) is 20.3 Å². The summed E-state index contributed by atoms with van der Waals surface area (Å²) in [6.45, 7) is 1.15. The number of rotatable bonds is 7. The summed E-state index contributed by atoms with van der Waals surface area (Å²) in [7, 11) is 1.67. The van der Waals surface area contributed by atoms with Gasteiger partial charge >= 0.3 is 0 Å². The van der Waals surface area contributed by atoms with Crippen LogP contribution in [-0.4, -0.2) is 20.3 Å². The van der Waals surface area contributed by atoms with E-state index >= 15 is 0 Å². The van der Waals surface area contributed by atoms with E-state index in [1.165, 1.54) is 18.4 Å². The normalized spacial score (nSPS) is 16.6. The van der Waals surface area contributed by atoms with E-state index in [1.54, 1.807) is 7.11 Å². The van der Waals surface area contributed by atoms with Gasteiger partial charge in [-0.15, -0.1) is 0 Å². The van der Waals surface area contributed by atoms with Crippen LogP contribution in [0.15, 0.2) is 22.7 Å². The first kappa shape index (κ1) is 13.8. The van der Waals surface area contributed by atoms with Crippen molar-refractivity contribution in [1.82, 2.24) is 0 Å². The van der Waals surface area contributed by atoms with Crippen molar-refractivity contribution in [2.45, 2.75) is 25.3 Å². The maximum Gasteiger partial charge on any atom is 0.133 e. The van der Waals surface area contributed by atoms with Crippen LogP contribution in [0.25, 0.3) is 0 Å². The van der Waals surface area contributed by atoms with E-state index in [1.807, 2.05) is 6.07 Å². The van der Waals surface area contributed by atoms with Gasteiger partial charge in [-0.25, -0.2) is 0 Å². The van der Waals surface area contributed by atoms with Crippen LogP contribution in [0.1, 0.15) is 30.9 Å². The lowest BCUT2D eigenvalue weighted by Crippen LogP contribution is -2.11. The summed E-state index contributed by atoms with van der Waals surface area (Å²) in [5.41, 5.74) is 7.37. The van der Waals surface area contributed by atoms with Gasteiger partial charge < -0.3 is 15.2 Å². The Morgan fingerprint density at radius 1 is 1.39 bits per heavy atom. The maximum atomic E-state index is 6.19. The highest BCUT2D eigenvalue weighted by atomic mass is 79.9. The first-order valence-electron chi connectivity index (χ1n) is 6.37. The molecule has 1 aliphatic carbocycles. The highest BCUT2D eigenvalue weighted by molar-refractivity contribution is 9.10. The summed E-state index contributed by atoms with van der Waals surface area (Å²) in [5, 5.41) is 0.